The van der Waals surface area contributed by atoms with Crippen molar-refractivity contribution in [2.24, 2.45) is 0 Å². The van der Waals surface area contributed by atoms with Crippen molar-refractivity contribution in [2.75, 3.05) is 32.9 Å². The third kappa shape index (κ3) is 4.42. The Morgan fingerprint density at radius 1 is 1.00 bits per heavy atom. The predicted molar refractivity (Wildman–Crippen MR) is 107 cm³/mol. The topological polar surface area (TPSA) is 64.5 Å². The summed E-state index contributed by atoms with van der Waals surface area (Å²) in [6.45, 7) is 3.16. The zero-order valence-electron chi connectivity index (χ0n) is 16.3. The lowest BCUT2D eigenvalue weighted by Crippen LogP contribution is -2.89. The summed E-state index contributed by atoms with van der Waals surface area (Å²) in [7, 11) is 0. The summed E-state index contributed by atoms with van der Waals surface area (Å²) in [4.78, 5) is 0. The first-order chi connectivity index (χ1) is 13.8. The van der Waals surface area contributed by atoms with Gasteiger partial charge in [-0.2, -0.15) is 0 Å². The van der Waals surface area contributed by atoms with Crippen molar-refractivity contribution in [3.63, 3.8) is 0 Å². The first-order valence-electron chi connectivity index (χ1n) is 10.3. The van der Waals surface area contributed by atoms with E-state index in [-0.39, 0.29) is 5.41 Å². The number of hydrogen-bond acceptors (Lipinski definition) is 4. The maximum Gasteiger partial charge on any atom is 0.161 e. The van der Waals surface area contributed by atoms with Crippen LogP contribution in [0, 0.1) is 0 Å². The molecule has 0 saturated heterocycles. The average molecular weight is 384 g/mol. The monoisotopic (exact) mass is 384 g/mol. The Labute approximate surface area is 166 Å². The summed E-state index contributed by atoms with van der Waals surface area (Å²) in [5.74, 6) is 2.51. The van der Waals surface area contributed by atoms with Crippen LogP contribution < -0.4 is 19.5 Å². The van der Waals surface area contributed by atoms with E-state index in [0.717, 1.165) is 23.8 Å². The second kappa shape index (κ2) is 8.84. The van der Waals surface area contributed by atoms with Crippen LogP contribution in [0.25, 0.3) is 0 Å². The first-order valence-corrected chi connectivity index (χ1v) is 10.3. The van der Waals surface area contributed by atoms with Crippen LogP contribution in [-0.2, 0) is 5.41 Å². The van der Waals surface area contributed by atoms with Gasteiger partial charge in [-0.15, -0.1) is 0 Å². The summed E-state index contributed by atoms with van der Waals surface area (Å²) in [6.07, 6.45) is 4.38. The second-order valence-electron chi connectivity index (χ2n) is 7.85. The zero-order valence-corrected chi connectivity index (χ0v) is 16.3. The lowest BCUT2D eigenvalue weighted by atomic mass is 9.78. The molecule has 5 nitrogen and oxygen atoms in total. The van der Waals surface area contributed by atoms with Crippen LogP contribution in [0.4, 0.5) is 0 Å². The van der Waals surface area contributed by atoms with Crippen molar-refractivity contribution in [1.82, 2.24) is 0 Å². The molecule has 1 heterocycles. The predicted octanol–water partition coefficient (Wildman–Crippen LogP) is 2.27. The Bertz CT molecular complexity index is 758. The molecule has 0 radical (unpaired) electrons. The van der Waals surface area contributed by atoms with E-state index in [0.29, 0.717) is 26.4 Å². The van der Waals surface area contributed by atoms with Gasteiger partial charge in [-0.1, -0.05) is 37.1 Å². The van der Waals surface area contributed by atoms with Gasteiger partial charge in [-0.3, -0.25) is 0 Å². The van der Waals surface area contributed by atoms with Gasteiger partial charge in [0.25, 0.3) is 0 Å². The SMILES string of the molecule is O[C@@H](C[NH2+]CC1(c2ccc3c(c2)OCCO3)CCCC1)COc1ccccc1. The highest BCUT2D eigenvalue weighted by atomic mass is 16.6. The summed E-state index contributed by atoms with van der Waals surface area (Å²) in [5, 5.41) is 12.5. The molecule has 1 atom stereocenters. The molecule has 2 aromatic carbocycles. The second-order valence-corrected chi connectivity index (χ2v) is 7.85. The first kappa shape index (κ1) is 19.1. The number of ether oxygens (including phenoxy) is 3. The van der Waals surface area contributed by atoms with Gasteiger partial charge < -0.3 is 24.6 Å². The summed E-state index contributed by atoms with van der Waals surface area (Å²) >= 11 is 0. The summed E-state index contributed by atoms with van der Waals surface area (Å²) in [5.41, 5.74) is 1.48. The van der Waals surface area contributed by atoms with Crippen molar-refractivity contribution in [3.8, 4) is 17.2 Å². The van der Waals surface area contributed by atoms with Gasteiger partial charge in [-0.25, -0.2) is 0 Å². The number of benzene rings is 2. The summed E-state index contributed by atoms with van der Waals surface area (Å²) < 4.78 is 17.1. The van der Waals surface area contributed by atoms with Gasteiger partial charge in [-0.05, 0) is 42.7 Å². The molecular formula is C23H30NO4+. The average Bonchev–Trinajstić information content (AvgIpc) is 3.23. The fraction of sp³-hybridized carbons (Fsp3) is 0.478. The molecule has 0 aromatic heterocycles. The summed E-state index contributed by atoms with van der Waals surface area (Å²) in [6, 6.07) is 16.1. The zero-order chi connectivity index (χ0) is 19.2. The normalized spacial score (nSPS) is 18.6. The lowest BCUT2D eigenvalue weighted by Gasteiger charge is -2.29. The smallest absolute Gasteiger partial charge is 0.161 e. The Kier molecular flexibility index (Phi) is 6.03. The molecule has 3 N–H and O–H groups in total. The van der Waals surface area contributed by atoms with Crippen LogP contribution in [0.3, 0.4) is 0 Å². The third-order valence-corrected chi connectivity index (χ3v) is 5.87. The molecule has 150 valence electrons. The van der Waals surface area contributed by atoms with Crippen LogP contribution >= 0.6 is 0 Å². The molecule has 0 amide bonds. The van der Waals surface area contributed by atoms with E-state index in [1.54, 1.807) is 0 Å². The number of nitrogens with two attached hydrogens (primary N) is 1. The van der Waals surface area contributed by atoms with Crippen LogP contribution in [0.1, 0.15) is 31.2 Å². The van der Waals surface area contributed by atoms with E-state index in [1.165, 1.54) is 31.2 Å². The molecule has 5 heteroatoms. The van der Waals surface area contributed by atoms with Gasteiger partial charge in [0.15, 0.2) is 11.5 Å². The molecule has 0 spiro atoms. The van der Waals surface area contributed by atoms with E-state index >= 15 is 0 Å². The van der Waals surface area contributed by atoms with Crippen molar-refractivity contribution >= 4 is 0 Å². The van der Waals surface area contributed by atoms with Crippen LogP contribution in [0.2, 0.25) is 0 Å². The highest BCUT2D eigenvalue weighted by Crippen LogP contribution is 2.43. The number of rotatable bonds is 8. The standard InChI is InChI=1S/C23H29NO4/c25-19(16-28-20-6-2-1-3-7-20)15-24-17-23(10-4-5-11-23)18-8-9-21-22(14-18)27-13-12-26-21/h1-3,6-9,14,19,24-25H,4-5,10-13,15-17H2/p+1/t19-/m0/s1. The molecule has 4 rings (SSSR count). The molecule has 0 unspecified atom stereocenters. The van der Waals surface area contributed by atoms with E-state index in [2.05, 4.69) is 17.4 Å². The molecule has 1 aliphatic carbocycles. The minimum absolute atomic E-state index is 0.149. The molecule has 28 heavy (non-hydrogen) atoms. The Morgan fingerprint density at radius 2 is 1.75 bits per heavy atom. The molecule has 1 aliphatic heterocycles. The van der Waals surface area contributed by atoms with Crippen LogP contribution in [0.5, 0.6) is 17.2 Å². The molecule has 0 bridgehead atoms. The highest BCUT2D eigenvalue weighted by molar-refractivity contribution is 5.46. The molecular weight excluding hydrogens is 354 g/mol. The van der Waals surface area contributed by atoms with E-state index in [9.17, 15) is 5.11 Å². The van der Waals surface area contributed by atoms with Crippen molar-refractivity contribution in [1.29, 1.82) is 0 Å². The highest BCUT2D eigenvalue weighted by Gasteiger charge is 2.38. The Hall–Kier alpha value is -2.24. The number of fused-ring (bicyclic) bond motifs is 1. The lowest BCUT2D eigenvalue weighted by molar-refractivity contribution is -0.668. The minimum atomic E-state index is -0.487. The maximum atomic E-state index is 10.3. The van der Waals surface area contributed by atoms with Crippen LogP contribution in [0.15, 0.2) is 48.5 Å². The Morgan fingerprint density at radius 3 is 2.54 bits per heavy atom. The van der Waals surface area contributed by atoms with E-state index < -0.39 is 6.10 Å². The van der Waals surface area contributed by atoms with Gasteiger partial charge in [0.1, 0.15) is 38.2 Å². The molecule has 2 aliphatic rings. The van der Waals surface area contributed by atoms with E-state index in [4.69, 9.17) is 14.2 Å². The number of quaternary nitrogens is 1. The molecule has 2 aromatic rings. The fourth-order valence-electron chi connectivity index (χ4n) is 4.36. The number of aliphatic hydroxyl groups is 1. The van der Waals surface area contributed by atoms with Crippen molar-refractivity contribution in [3.05, 3.63) is 54.1 Å². The molecule has 1 saturated carbocycles. The van der Waals surface area contributed by atoms with Crippen molar-refractivity contribution < 1.29 is 24.6 Å². The number of aliphatic hydroxyl groups excluding tert-OH is 1. The van der Waals surface area contributed by atoms with Gasteiger partial charge >= 0.3 is 0 Å². The molecule has 1 fully saturated rings. The van der Waals surface area contributed by atoms with Gasteiger partial charge in [0.2, 0.25) is 0 Å². The van der Waals surface area contributed by atoms with Crippen molar-refractivity contribution in [2.45, 2.75) is 37.2 Å². The number of hydrogen-bond donors (Lipinski definition) is 2. The largest absolute Gasteiger partial charge is 0.491 e. The maximum absolute atomic E-state index is 10.3. The van der Waals surface area contributed by atoms with E-state index in [1.807, 2.05) is 36.4 Å². The quantitative estimate of drug-likeness (QED) is 0.733. The van der Waals surface area contributed by atoms with Crippen LogP contribution in [-0.4, -0.2) is 44.1 Å². The third-order valence-electron chi connectivity index (χ3n) is 5.87. The van der Waals surface area contributed by atoms with Gasteiger partial charge in [0.05, 0.1) is 6.54 Å². The minimum Gasteiger partial charge on any atom is -0.491 e. The fourth-order valence-corrected chi connectivity index (χ4v) is 4.36. The number of para-hydroxylation sites is 1. The van der Waals surface area contributed by atoms with Gasteiger partial charge in [0, 0.05) is 5.41 Å². The Balaban J connectivity index is 1.33.